The van der Waals surface area contributed by atoms with Crippen molar-refractivity contribution in [1.29, 1.82) is 0 Å². The SMILES string of the molecule is C=CC1=C(C)N2C(=O)[C@@H](NC(=O)/C(=N\C)c3csc(N)n3)[C@H]2SC1. The summed E-state index contributed by atoms with van der Waals surface area (Å²) in [5, 5.41) is 4.71. The fraction of sp³-hybridized carbons (Fsp3) is 0.333. The number of thiazole rings is 1. The summed E-state index contributed by atoms with van der Waals surface area (Å²) in [7, 11) is 1.51. The number of amides is 2. The second-order valence-corrected chi connectivity index (χ2v) is 7.31. The molecule has 0 aliphatic carbocycles. The van der Waals surface area contributed by atoms with E-state index in [0.29, 0.717) is 10.8 Å². The van der Waals surface area contributed by atoms with Crippen LogP contribution < -0.4 is 11.1 Å². The van der Waals surface area contributed by atoms with Crippen molar-refractivity contribution in [3.8, 4) is 0 Å². The molecule has 1 saturated heterocycles. The molecule has 3 N–H and O–H groups in total. The molecule has 1 aromatic heterocycles. The van der Waals surface area contributed by atoms with Gasteiger partial charge in [0.2, 0.25) is 0 Å². The summed E-state index contributed by atoms with van der Waals surface area (Å²) in [4.78, 5) is 34.7. The Bertz CT molecular complexity index is 783. The van der Waals surface area contributed by atoms with E-state index in [1.165, 1.54) is 18.4 Å². The normalized spacial score (nSPS) is 23.7. The Kier molecular flexibility index (Phi) is 4.46. The van der Waals surface area contributed by atoms with E-state index in [4.69, 9.17) is 5.73 Å². The Labute approximate surface area is 147 Å². The fourth-order valence-electron chi connectivity index (χ4n) is 2.70. The standard InChI is InChI=1S/C15H17N5O2S2/c1-4-8-5-23-14-11(13(22)20(14)7(8)2)19-12(21)10(17-3)9-6-24-15(16)18-9/h4,6,11,14H,1,5H2,2-3H3,(H2,16,18)(H,19,21)/b17-10-/t11-,14-/m1/s1. The average molecular weight is 363 g/mol. The lowest BCUT2D eigenvalue weighted by Gasteiger charge is -2.49. The van der Waals surface area contributed by atoms with Crippen LogP contribution in [0, 0.1) is 0 Å². The smallest absolute Gasteiger partial charge is 0.272 e. The van der Waals surface area contributed by atoms with E-state index in [1.807, 2.05) is 6.92 Å². The highest BCUT2D eigenvalue weighted by Gasteiger charge is 2.51. The third kappa shape index (κ3) is 2.63. The van der Waals surface area contributed by atoms with Crippen LogP contribution in [0.3, 0.4) is 0 Å². The average Bonchev–Trinajstić information content (AvgIpc) is 2.98. The predicted octanol–water partition coefficient (Wildman–Crippen LogP) is 1.00. The van der Waals surface area contributed by atoms with Gasteiger partial charge in [0.1, 0.15) is 22.8 Å². The number of allylic oxidation sites excluding steroid dienone is 2. The molecule has 126 valence electrons. The van der Waals surface area contributed by atoms with Crippen molar-refractivity contribution in [2.45, 2.75) is 18.3 Å². The van der Waals surface area contributed by atoms with Gasteiger partial charge < -0.3 is 11.1 Å². The van der Waals surface area contributed by atoms with Gasteiger partial charge in [-0.3, -0.25) is 19.5 Å². The highest BCUT2D eigenvalue weighted by atomic mass is 32.2. The van der Waals surface area contributed by atoms with E-state index in [0.717, 1.165) is 17.0 Å². The molecule has 0 bridgehead atoms. The van der Waals surface area contributed by atoms with Gasteiger partial charge in [-0.2, -0.15) is 0 Å². The summed E-state index contributed by atoms with van der Waals surface area (Å²) >= 11 is 2.85. The minimum Gasteiger partial charge on any atom is -0.375 e. The van der Waals surface area contributed by atoms with Gasteiger partial charge >= 0.3 is 0 Å². The van der Waals surface area contributed by atoms with Gasteiger partial charge in [-0.15, -0.1) is 23.1 Å². The number of carbonyl (C=O) groups is 2. The molecule has 2 atom stereocenters. The lowest BCUT2D eigenvalue weighted by molar-refractivity contribution is -0.144. The number of anilines is 1. The molecule has 24 heavy (non-hydrogen) atoms. The fourth-order valence-corrected chi connectivity index (χ4v) is 4.72. The Morgan fingerprint density at radius 1 is 1.62 bits per heavy atom. The van der Waals surface area contributed by atoms with Crippen LogP contribution in [0.15, 0.2) is 34.3 Å². The number of rotatable bonds is 4. The predicted molar refractivity (Wildman–Crippen MR) is 96.9 cm³/mol. The van der Waals surface area contributed by atoms with E-state index >= 15 is 0 Å². The molecule has 1 aromatic rings. The van der Waals surface area contributed by atoms with E-state index < -0.39 is 11.9 Å². The lowest BCUT2D eigenvalue weighted by atomic mass is 10.0. The summed E-state index contributed by atoms with van der Waals surface area (Å²) in [5.41, 5.74) is 8.15. The largest absolute Gasteiger partial charge is 0.375 e. The molecule has 0 unspecified atom stereocenters. The third-order valence-corrected chi connectivity index (χ3v) is 5.99. The number of hydrogen-bond donors (Lipinski definition) is 2. The maximum Gasteiger partial charge on any atom is 0.272 e. The number of fused-ring (bicyclic) bond motifs is 1. The monoisotopic (exact) mass is 363 g/mol. The van der Waals surface area contributed by atoms with Crippen molar-refractivity contribution >= 4 is 45.8 Å². The van der Waals surface area contributed by atoms with Crippen molar-refractivity contribution in [3.05, 3.63) is 35.0 Å². The highest BCUT2D eigenvalue weighted by molar-refractivity contribution is 8.00. The second-order valence-electron chi connectivity index (χ2n) is 5.32. The maximum atomic E-state index is 12.5. The van der Waals surface area contributed by atoms with Crippen molar-refractivity contribution in [3.63, 3.8) is 0 Å². The van der Waals surface area contributed by atoms with Crippen LogP contribution in [0.25, 0.3) is 0 Å². The second kappa shape index (κ2) is 6.40. The summed E-state index contributed by atoms with van der Waals surface area (Å²) < 4.78 is 0. The van der Waals surface area contributed by atoms with Crippen LogP contribution in [0.2, 0.25) is 0 Å². The Morgan fingerprint density at radius 2 is 2.38 bits per heavy atom. The lowest BCUT2D eigenvalue weighted by Crippen LogP contribution is -2.70. The highest BCUT2D eigenvalue weighted by Crippen LogP contribution is 2.40. The van der Waals surface area contributed by atoms with Crippen molar-refractivity contribution in [1.82, 2.24) is 15.2 Å². The number of aliphatic imine (C=N–C) groups is 1. The van der Waals surface area contributed by atoms with E-state index in [-0.39, 0.29) is 17.0 Å². The molecular formula is C15H17N5O2S2. The zero-order chi connectivity index (χ0) is 17.4. The number of carbonyl (C=O) groups excluding carboxylic acids is 2. The van der Waals surface area contributed by atoms with Crippen LogP contribution in [-0.4, -0.2) is 51.6 Å². The number of nitrogens with one attached hydrogen (secondary N) is 1. The Hall–Kier alpha value is -2.13. The van der Waals surface area contributed by atoms with Crippen molar-refractivity contribution < 1.29 is 9.59 Å². The number of aromatic nitrogens is 1. The molecule has 0 saturated carbocycles. The molecule has 1 fully saturated rings. The van der Waals surface area contributed by atoms with Gasteiger partial charge in [-0.1, -0.05) is 12.7 Å². The number of nitrogens with two attached hydrogens (primary N) is 1. The first kappa shape index (κ1) is 16.7. The first-order chi connectivity index (χ1) is 11.5. The van der Waals surface area contributed by atoms with Crippen molar-refractivity contribution in [2.75, 3.05) is 18.5 Å². The molecule has 3 rings (SSSR count). The van der Waals surface area contributed by atoms with Crippen LogP contribution in [0.1, 0.15) is 12.6 Å². The summed E-state index contributed by atoms with van der Waals surface area (Å²) in [6.07, 6.45) is 1.77. The third-order valence-electron chi connectivity index (χ3n) is 4.02. The molecular weight excluding hydrogens is 346 g/mol. The van der Waals surface area contributed by atoms with E-state index in [2.05, 4.69) is 21.9 Å². The van der Waals surface area contributed by atoms with Gasteiger partial charge in [-0.05, 0) is 12.5 Å². The van der Waals surface area contributed by atoms with Gasteiger partial charge in [0.05, 0.1) is 0 Å². The minimum absolute atomic E-state index is 0.0937. The summed E-state index contributed by atoms with van der Waals surface area (Å²) in [5.74, 6) is 0.233. The van der Waals surface area contributed by atoms with Crippen LogP contribution >= 0.6 is 23.1 Å². The molecule has 2 amide bonds. The van der Waals surface area contributed by atoms with Crippen LogP contribution in [0.4, 0.5) is 5.13 Å². The maximum absolute atomic E-state index is 12.5. The molecule has 7 nitrogen and oxygen atoms in total. The first-order valence-electron chi connectivity index (χ1n) is 7.23. The quantitative estimate of drug-likeness (QED) is 0.614. The van der Waals surface area contributed by atoms with E-state index in [9.17, 15) is 9.59 Å². The number of hydrogen-bond acceptors (Lipinski definition) is 7. The number of thioether (sulfide) groups is 1. The molecule has 3 heterocycles. The molecule has 9 heteroatoms. The molecule has 0 radical (unpaired) electrons. The molecule has 2 aliphatic heterocycles. The van der Waals surface area contributed by atoms with Crippen LogP contribution in [0.5, 0.6) is 0 Å². The van der Waals surface area contributed by atoms with Gasteiger partial charge in [0.15, 0.2) is 5.13 Å². The number of nitrogens with zero attached hydrogens (tertiary/aromatic N) is 3. The first-order valence-corrected chi connectivity index (χ1v) is 9.16. The summed E-state index contributed by atoms with van der Waals surface area (Å²) in [6.45, 7) is 5.67. The zero-order valence-electron chi connectivity index (χ0n) is 13.3. The van der Waals surface area contributed by atoms with Crippen molar-refractivity contribution in [2.24, 2.45) is 4.99 Å². The molecule has 2 aliphatic rings. The topological polar surface area (TPSA) is 101 Å². The van der Waals surface area contributed by atoms with Gasteiger partial charge in [-0.25, -0.2) is 4.98 Å². The number of nitrogen functional groups attached to an aromatic ring is 1. The molecule has 0 aromatic carbocycles. The van der Waals surface area contributed by atoms with E-state index in [1.54, 1.807) is 28.1 Å². The van der Waals surface area contributed by atoms with Crippen LogP contribution in [-0.2, 0) is 9.59 Å². The Balaban J connectivity index is 1.74. The molecule has 0 spiro atoms. The Morgan fingerprint density at radius 3 is 2.96 bits per heavy atom. The van der Waals surface area contributed by atoms with Gasteiger partial charge in [0.25, 0.3) is 11.8 Å². The number of β-lactam (4-membered cyclic amide) rings is 1. The van der Waals surface area contributed by atoms with Gasteiger partial charge in [0, 0.05) is 23.9 Å². The minimum atomic E-state index is -0.559. The zero-order valence-corrected chi connectivity index (χ0v) is 14.9. The summed E-state index contributed by atoms with van der Waals surface area (Å²) in [6, 6.07) is -0.559.